The van der Waals surface area contributed by atoms with Crippen LogP contribution in [0, 0.1) is 0 Å². The number of nitrogens with one attached hydrogen (secondary N) is 1. The number of hydrogen-bond acceptors (Lipinski definition) is 6. The highest BCUT2D eigenvalue weighted by molar-refractivity contribution is 7.47. The predicted octanol–water partition coefficient (Wildman–Crippen LogP) is -0.0977. The molecule has 1 unspecified atom stereocenters. The molecule has 0 radical (unpaired) electrons. The van der Waals surface area contributed by atoms with Gasteiger partial charge in [0, 0.05) is 18.2 Å². The summed E-state index contributed by atoms with van der Waals surface area (Å²) in [6, 6.07) is 0. The van der Waals surface area contributed by atoms with Crippen LogP contribution in [0.3, 0.4) is 0 Å². The summed E-state index contributed by atoms with van der Waals surface area (Å²) in [5.41, 5.74) is -0.555. The molecule has 4 atom stereocenters. The molecular formula is C11H15N2O7P. The first-order valence-electron chi connectivity index (χ1n) is 6.55. The minimum atomic E-state index is -4.03. The summed E-state index contributed by atoms with van der Waals surface area (Å²) in [6.45, 7) is 1.72. The van der Waals surface area contributed by atoms with Gasteiger partial charge < -0.3 is 9.63 Å². The normalized spacial score (nSPS) is 35.6. The van der Waals surface area contributed by atoms with E-state index in [0.29, 0.717) is 12.0 Å². The van der Waals surface area contributed by atoms with Gasteiger partial charge in [0.05, 0.1) is 6.61 Å². The summed E-state index contributed by atoms with van der Waals surface area (Å²) < 4.78 is 27.9. The van der Waals surface area contributed by atoms with E-state index in [1.807, 2.05) is 0 Å². The van der Waals surface area contributed by atoms with Crippen molar-refractivity contribution in [3.63, 3.8) is 0 Å². The van der Waals surface area contributed by atoms with Crippen LogP contribution in [0.5, 0.6) is 0 Å². The number of aromatic amines is 1. The zero-order valence-corrected chi connectivity index (χ0v) is 12.1. The highest BCUT2D eigenvalue weighted by Crippen LogP contribution is 2.52. The average molecular weight is 318 g/mol. The Hall–Kier alpha value is -1.25. The maximum Gasteiger partial charge on any atom is 0.472 e. The number of fused-ring (bicyclic) bond motifs is 1. The summed E-state index contributed by atoms with van der Waals surface area (Å²) in [5, 5.41) is 0. The summed E-state index contributed by atoms with van der Waals surface area (Å²) >= 11 is 0. The molecule has 0 amide bonds. The zero-order chi connectivity index (χ0) is 15.2. The Bertz CT molecular complexity index is 711. The van der Waals surface area contributed by atoms with Crippen molar-refractivity contribution in [3.8, 4) is 0 Å². The maximum absolute atomic E-state index is 11.9. The lowest BCUT2D eigenvalue weighted by Gasteiger charge is -2.26. The molecule has 9 nitrogen and oxygen atoms in total. The van der Waals surface area contributed by atoms with Gasteiger partial charge in [-0.15, -0.1) is 0 Å². The summed E-state index contributed by atoms with van der Waals surface area (Å²) in [7, 11) is -4.03. The number of aryl methyl sites for hydroxylation is 1. The number of phosphoric acid groups is 1. The van der Waals surface area contributed by atoms with E-state index in [2.05, 4.69) is 9.51 Å². The van der Waals surface area contributed by atoms with Crippen LogP contribution >= 0.6 is 7.82 Å². The van der Waals surface area contributed by atoms with Crippen molar-refractivity contribution in [2.75, 3.05) is 6.61 Å². The Kier molecular flexibility index (Phi) is 3.62. The van der Waals surface area contributed by atoms with Crippen molar-refractivity contribution in [2.45, 2.75) is 38.2 Å². The van der Waals surface area contributed by atoms with Gasteiger partial charge in [-0.3, -0.25) is 23.4 Å². The minimum Gasteiger partial charge on any atom is -0.349 e. The van der Waals surface area contributed by atoms with E-state index in [0.717, 1.165) is 0 Å². The van der Waals surface area contributed by atoms with Crippen LogP contribution in [0.25, 0.3) is 0 Å². The zero-order valence-electron chi connectivity index (χ0n) is 11.2. The van der Waals surface area contributed by atoms with Gasteiger partial charge in [0.15, 0.2) is 0 Å². The molecule has 1 aromatic heterocycles. The summed E-state index contributed by atoms with van der Waals surface area (Å²) in [6.07, 6.45) is 0.338. The third-order valence-electron chi connectivity index (χ3n) is 3.58. The molecule has 2 aliphatic heterocycles. The Morgan fingerprint density at radius 1 is 1.48 bits per heavy atom. The SMILES string of the molecule is CCc1cn([C@H]2C[C@@H]3OP(=O)(O)OC[C@H]3O2)c(=O)[nH]c1=O. The second kappa shape index (κ2) is 5.19. The van der Waals surface area contributed by atoms with Gasteiger partial charge >= 0.3 is 13.5 Å². The third kappa shape index (κ3) is 2.75. The van der Waals surface area contributed by atoms with Crippen LogP contribution in [0.4, 0.5) is 0 Å². The molecule has 2 saturated heterocycles. The smallest absolute Gasteiger partial charge is 0.349 e. The number of hydrogen-bond donors (Lipinski definition) is 2. The second-order valence-corrected chi connectivity index (χ2v) is 6.35. The lowest BCUT2D eigenvalue weighted by Crippen LogP contribution is -2.34. The molecule has 2 fully saturated rings. The van der Waals surface area contributed by atoms with Crippen molar-refractivity contribution in [1.29, 1.82) is 0 Å². The fourth-order valence-corrected chi connectivity index (χ4v) is 3.45. The molecule has 0 bridgehead atoms. The topological polar surface area (TPSA) is 120 Å². The molecular weight excluding hydrogens is 303 g/mol. The molecule has 1 aromatic rings. The molecule has 21 heavy (non-hydrogen) atoms. The first kappa shape index (κ1) is 14.7. The van der Waals surface area contributed by atoms with Crippen molar-refractivity contribution >= 4 is 7.82 Å². The van der Waals surface area contributed by atoms with Gasteiger partial charge in [-0.2, -0.15) is 0 Å². The lowest BCUT2D eigenvalue weighted by atomic mass is 10.2. The first-order chi connectivity index (χ1) is 9.89. The minimum absolute atomic E-state index is 0.0757. The number of ether oxygens (including phenoxy) is 1. The Balaban J connectivity index is 1.88. The van der Waals surface area contributed by atoms with Gasteiger partial charge in [-0.1, -0.05) is 6.92 Å². The highest BCUT2D eigenvalue weighted by atomic mass is 31.2. The average Bonchev–Trinajstić information content (AvgIpc) is 2.80. The number of aromatic nitrogens is 2. The molecule has 0 saturated carbocycles. The van der Waals surface area contributed by atoms with Gasteiger partial charge in [-0.05, 0) is 6.42 Å². The third-order valence-corrected chi connectivity index (χ3v) is 4.60. The van der Waals surface area contributed by atoms with E-state index < -0.39 is 37.5 Å². The van der Waals surface area contributed by atoms with E-state index in [9.17, 15) is 19.0 Å². The molecule has 2 N–H and O–H groups in total. The number of phosphoric ester groups is 1. The molecule has 0 aromatic carbocycles. The van der Waals surface area contributed by atoms with Gasteiger partial charge in [0.25, 0.3) is 5.56 Å². The summed E-state index contributed by atoms with van der Waals surface area (Å²) in [4.78, 5) is 34.9. The lowest BCUT2D eigenvalue weighted by molar-refractivity contribution is -0.0680. The van der Waals surface area contributed by atoms with E-state index in [1.54, 1.807) is 6.92 Å². The monoisotopic (exact) mass is 318 g/mol. The van der Waals surface area contributed by atoms with Gasteiger partial charge in [0.2, 0.25) is 0 Å². The highest BCUT2D eigenvalue weighted by Gasteiger charge is 2.46. The Morgan fingerprint density at radius 3 is 2.95 bits per heavy atom. The Morgan fingerprint density at radius 2 is 2.24 bits per heavy atom. The van der Waals surface area contributed by atoms with Crippen LogP contribution in [-0.2, 0) is 24.8 Å². The number of H-pyrrole nitrogens is 1. The van der Waals surface area contributed by atoms with Crippen molar-refractivity contribution in [2.24, 2.45) is 0 Å². The van der Waals surface area contributed by atoms with Crippen molar-refractivity contribution < 1.29 is 23.2 Å². The number of nitrogens with zero attached hydrogens (tertiary/aromatic N) is 1. The molecule has 116 valence electrons. The van der Waals surface area contributed by atoms with Crippen molar-refractivity contribution in [3.05, 3.63) is 32.6 Å². The summed E-state index contributed by atoms with van der Waals surface area (Å²) in [5.74, 6) is 0. The fourth-order valence-electron chi connectivity index (χ4n) is 2.49. The Labute approximate surface area is 119 Å². The van der Waals surface area contributed by atoms with Crippen LogP contribution < -0.4 is 11.2 Å². The molecule has 3 heterocycles. The molecule has 3 rings (SSSR count). The maximum atomic E-state index is 11.9. The quantitative estimate of drug-likeness (QED) is 0.731. The van der Waals surface area contributed by atoms with E-state index in [-0.39, 0.29) is 13.0 Å². The van der Waals surface area contributed by atoms with E-state index in [1.165, 1.54) is 10.8 Å². The molecule has 2 aliphatic rings. The van der Waals surface area contributed by atoms with Gasteiger partial charge in [-0.25, -0.2) is 9.36 Å². The van der Waals surface area contributed by atoms with Crippen LogP contribution in [-0.4, -0.2) is 33.3 Å². The van der Waals surface area contributed by atoms with E-state index in [4.69, 9.17) is 9.26 Å². The molecule has 10 heteroatoms. The van der Waals surface area contributed by atoms with Crippen molar-refractivity contribution in [1.82, 2.24) is 9.55 Å². The molecule has 0 spiro atoms. The fraction of sp³-hybridized carbons (Fsp3) is 0.636. The van der Waals surface area contributed by atoms with Crippen LogP contribution in [0.15, 0.2) is 15.8 Å². The number of rotatable bonds is 2. The largest absolute Gasteiger partial charge is 0.472 e. The second-order valence-electron chi connectivity index (χ2n) is 4.95. The predicted molar refractivity (Wildman–Crippen MR) is 69.9 cm³/mol. The first-order valence-corrected chi connectivity index (χ1v) is 8.04. The van der Waals surface area contributed by atoms with Crippen LogP contribution in [0.1, 0.15) is 25.1 Å². The van der Waals surface area contributed by atoms with Gasteiger partial charge in [0.1, 0.15) is 18.4 Å². The van der Waals surface area contributed by atoms with E-state index >= 15 is 0 Å². The standard InChI is InChI=1S/C11H15N2O7P/c1-2-6-4-13(11(15)12-10(6)14)9-3-7-8(19-9)5-18-21(16,17)20-7/h4,7-9H,2-3,5H2,1H3,(H,16,17)(H,12,14,15)/t7-,8+,9+/m0/s1. The molecule has 0 aliphatic carbocycles. The van der Waals surface area contributed by atoms with Crippen LogP contribution in [0.2, 0.25) is 0 Å².